The van der Waals surface area contributed by atoms with Crippen LogP contribution >= 0.6 is 0 Å². The van der Waals surface area contributed by atoms with E-state index in [2.05, 4.69) is 5.32 Å². The number of likely N-dealkylation sites (tertiary alicyclic amines) is 1. The smallest absolute Gasteiger partial charge is 0.306 e. The third kappa shape index (κ3) is 6.34. The summed E-state index contributed by atoms with van der Waals surface area (Å²) in [5.74, 6) is -0.954. The van der Waals surface area contributed by atoms with Crippen LogP contribution in [-0.2, 0) is 14.3 Å². The fourth-order valence-electron chi connectivity index (χ4n) is 2.36. The Bertz CT molecular complexity index is 302. The SMILES string of the molecule is COCCCCCNCC(=O)N1CCC(C(=O)O)CC1. The molecule has 20 heavy (non-hydrogen) atoms. The number of hydrogen-bond acceptors (Lipinski definition) is 4. The highest BCUT2D eigenvalue weighted by Gasteiger charge is 2.26. The first-order chi connectivity index (χ1) is 9.65. The number of carboxylic acids is 1. The molecule has 0 aromatic heterocycles. The van der Waals surface area contributed by atoms with E-state index in [1.54, 1.807) is 12.0 Å². The summed E-state index contributed by atoms with van der Waals surface area (Å²) in [5.41, 5.74) is 0. The third-order valence-electron chi connectivity index (χ3n) is 3.68. The highest BCUT2D eigenvalue weighted by atomic mass is 16.5. The van der Waals surface area contributed by atoms with Gasteiger partial charge >= 0.3 is 5.97 Å². The van der Waals surface area contributed by atoms with Crippen molar-refractivity contribution in [1.82, 2.24) is 10.2 Å². The van der Waals surface area contributed by atoms with Crippen LogP contribution in [0.3, 0.4) is 0 Å². The molecule has 0 aromatic carbocycles. The lowest BCUT2D eigenvalue weighted by Gasteiger charge is -2.30. The van der Waals surface area contributed by atoms with Gasteiger partial charge in [0.05, 0.1) is 12.5 Å². The van der Waals surface area contributed by atoms with Crippen LogP contribution in [0.2, 0.25) is 0 Å². The molecule has 116 valence electrons. The van der Waals surface area contributed by atoms with E-state index in [0.29, 0.717) is 32.5 Å². The van der Waals surface area contributed by atoms with Crippen molar-refractivity contribution < 1.29 is 19.4 Å². The second kappa shape index (κ2) is 9.72. The van der Waals surface area contributed by atoms with Crippen LogP contribution in [0, 0.1) is 5.92 Å². The fraction of sp³-hybridized carbons (Fsp3) is 0.857. The predicted octanol–water partition coefficient (Wildman–Crippen LogP) is 0.716. The van der Waals surface area contributed by atoms with Crippen LogP contribution in [0.5, 0.6) is 0 Å². The Morgan fingerprint density at radius 1 is 1.25 bits per heavy atom. The summed E-state index contributed by atoms with van der Waals surface area (Å²) in [6.45, 7) is 3.09. The number of nitrogens with zero attached hydrogens (tertiary/aromatic N) is 1. The summed E-state index contributed by atoms with van der Waals surface area (Å²) >= 11 is 0. The van der Waals surface area contributed by atoms with E-state index >= 15 is 0 Å². The van der Waals surface area contributed by atoms with Crippen LogP contribution in [-0.4, -0.2) is 61.8 Å². The molecule has 1 heterocycles. The molecule has 1 amide bonds. The fourth-order valence-corrected chi connectivity index (χ4v) is 2.36. The van der Waals surface area contributed by atoms with E-state index in [9.17, 15) is 9.59 Å². The number of aliphatic carboxylic acids is 1. The molecule has 0 unspecified atom stereocenters. The Morgan fingerprint density at radius 2 is 1.95 bits per heavy atom. The topological polar surface area (TPSA) is 78.9 Å². The molecule has 1 rings (SSSR count). The summed E-state index contributed by atoms with van der Waals surface area (Å²) in [4.78, 5) is 24.5. The first kappa shape index (κ1) is 16.9. The minimum atomic E-state index is -0.744. The van der Waals surface area contributed by atoms with Crippen LogP contribution < -0.4 is 5.32 Å². The minimum Gasteiger partial charge on any atom is -0.481 e. The van der Waals surface area contributed by atoms with Crippen LogP contribution in [0.25, 0.3) is 0 Å². The maximum Gasteiger partial charge on any atom is 0.306 e. The molecule has 0 spiro atoms. The molecule has 1 fully saturated rings. The molecule has 1 saturated heterocycles. The summed E-state index contributed by atoms with van der Waals surface area (Å²) in [5, 5.41) is 12.0. The number of carbonyl (C=O) groups is 2. The van der Waals surface area contributed by atoms with Crippen molar-refractivity contribution in [3.63, 3.8) is 0 Å². The van der Waals surface area contributed by atoms with Gasteiger partial charge in [-0.25, -0.2) is 0 Å². The molecule has 0 aliphatic carbocycles. The van der Waals surface area contributed by atoms with Gasteiger partial charge in [-0.1, -0.05) is 0 Å². The molecule has 2 N–H and O–H groups in total. The van der Waals surface area contributed by atoms with E-state index in [-0.39, 0.29) is 11.8 Å². The molecule has 1 aliphatic rings. The van der Waals surface area contributed by atoms with Crippen molar-refractivity contribution in [2.24, 2.45) is 5.92 Å². The Labute approximate surface area is 120 Å². The Kier molecular flexibility index (Phi) is 8.22. The second-order valence-corrected chi connectivity index (χ2v) is 5.22. The molecule has 6 heteroatoms. The summed E-state index contributed by atoms with van der Waals surface area (Å²) < 4.78 is 4.97. The molecule has 0 radical (unpaired) electrons. The molecule has 0 aromatic rings. The molecule has 1 aliphatic heterocycles. The van der Waals surface area contributed by atoms with Gasteiger partial charge in [-0.2, -0.15) is 0 Å². The number of methoxy groups -OCH3 is 1. The lowest BCUT2D eigenvalue weighted by Crippen LogP contribution is -2.44. The molecular formula is C14H26N2O4. The number of amides is 1. The summed E-state index contributed by atoms with van der Waals surface area (Å²) in [7, 11) is 1.70. The number of ether oxygens (including phenoxy) is 1. The Hall–Kier alpha value is -1.14. The van der Waals surface area contributed by atoms with Crippen molar-refractivity contribution in [3.05, 3.63) is 0 Å². The summed E-state index contributed by atoms with van der Waals surface area (Å²) in [6.07, 6.45) is 4.32. The zero-order valence-corrected chi connectivity index (χ0v) is 12.3. The quantitative estimate of drug-likeness (QED) is 0.611. The second-order valence-electron chi connectivity index (χ2n) is 5.22. The van der Waals surface area contributed by atoms with Gasteiger partial charge in [0.15, 0.2) is 0 Å². The average Bonchev–Trinajstić information content (AvgIpc) is 2.46. The van der Waals surface area contributed by atoms with Gasteiger partial charge in [0, 0.05) is 26.8 Å². The molecule has 0 saturated carbocycles. The van der Waals surface area contributed by atoms with Gasteiger partial charge in [0.25, 0.3) is 0 Å². The van der Waals surface area contributed by atoms with E-state index in [1.807, 2.05) is 0 Å². The average molecular weight is 286 g/mol. The van der Waals surface area contributed by atoms with E-state index in [0.717, 1.165) is 32.4 Å². The zero-order chi connectivity index (χ0) is 14.8. The molecule has 0 bridgehead atoms. The number of piperidine rings is 1. The maximum atomic E-state index is 11.9. The first-order valence-electron chi connectivity index (χ1n) is 7.35. The van der Waals surface area contributed by atoms with Gasteiger partial charge in [-0.3, -0.25) is 9.59 Å². The van der Waals surface area contributed by atoms with E-state index in [4.69, 9.17) is 9.84 Å². The number of carboxylic acid groups (broad SMARTS) is 1. The van der Waals surface area contributed by atoms with Crippen LogP contribution in [0.1, 0.15) is 32.1 Å². The van der Waals surface area contributed by atoms with Crippen molar-refractivity contribution in [1.29, 1.82) is 0 Å². The number of nitrogens with one attached hydrogen (secondary N) is 1. The third-order valence-corrected chi connectivity index (χ3v) is 3.68. The van der Waals surface area contributed by atoms with Gasteiger partial charge < -0.3 is 20.1 Å². The summed E-state index contributed by atoms with van der Waals surface area (Å²) in [6, 6.07) is 0. The van der Waals surface area contributed by atoms with Crippen LogP contribution in [0.15, 0.2) is 0 Å². The molecule has 0 atom stereocenters. The lowest BCUT2D eigenvalue weighted by atomic mass is 9.97. The van der Waals surface area contributed by atoms with E-state index < -0.39 is 5.97 Å². The first-order valence-corrected chi connectivity index (χ1v) is 7.35. The zero-order valence-electron chi connectivity index (χ0n) is 12.3. The van der Waals surface area contributed by atoms with Gasteiger partial charge in [-0.05, 0) is 38.6 Å². The van der Waals surface area contributed by atoms with Crippen molar-refractivity contribution in [3.8, 4) is 0 Å². The standard InChI is InChI=1S/C14H26N2O4/c1-20-10-4-2-3-7-15-11-13(17)16-8-5-12(6-9-16)14(18)19/h12,15H,2-11H2,1H3,(H,18,19). The number of hydrogen-bond donors (Lipinski definition) is 2. The Morgan fingerprint density at radius 3 is 2.55 bits per heavy atom. The van der Waals surface area contributed by atoms with Crippen molar-refractivity contribution in [2.45, 2.75) is 32.1 Å². The van der Waals surface area contributed by atoms with Crippen molar-refractivity contribution >= 4 is 11.9 Å². The normalized spacial score (nSPS) is 16.4. The number of carbonyl (C=O) groups excluding carboxylic acids is 1. The van der Waals surface area contributed by atoms with Gasteiger partial charge in [0.1, 0.15) is 0 Å². The lowest BCUT2D eigenvalue weighted by molar-refractivity contribution is -0.145. The highest BCUT2D eigenvalue weighted by molar-refractivity contribution is 5.78. The Balaban J connectivity index is 2.04. The van der Waals surface area contributed by atoms with Gasteiger partial charge in [-0.15, -0.1) is 0 Å². The van der Waals surface area contributed by atoms with E-state index in [1.165, 1.54) is 0 Å². The van der Waals surface area contributed by atoms with Crippen molar-refractivity contribution in [2.75, 3.05) is 39.9 Å². The molecule has 6 nitrogen and oxygen atoms in total. The largest absolute Gasteiger partial charge is 0.481 e. The highest BCUT2D eigenvalue weighted by Crippen LogP contribution is 2.17. The monoisotopic (exact) mass is 286 g/mol. The maximum absolute atomic E-state index is 11.9. The number of unbranched alkanes of at least 4 members (excludes halogenated alkanes) is 2. The number of rotatable bonds is 9. The van der Waals surface area contributed by atoms with Crippen LogP contribution in [0.4, 0.5) is 0 Å². The minimum absolute atomic E-state index is 0.0748. The molecular weight excluding hydrogens is 260 g/mol. The predicted molar refractivity (Wildman–Crippen MR) is 75.5 cm³/mol. The van der Waals surface area contributed by atoms with Gasteiger partial charge in [0.2, 0.25) is 5.91 Å².